The summed E-state index contributed by atoms with van der Waals surface area (Å²) in [5.74, 6) is -0.0198. The Morgan fingerprint density at radius 1 is 0.913 bits per heavy atom. The first-order chi connectivity index (χ1) is 21.6. The number of carbonyl (C=O) groups is 1. The predicted octanol–water partition coefficient (Wildman–Crippen LogP) is 5.82. The standard InChI is InChI=1S/C21H24BrN5O2.C10H12BrIN4O/c1-12-8-13(4-7-15(12)20(28)25-14-5-6-14)17-10-23-19-16(24-11-21(2,3)29)9-18(22)26-27(17)19;1-10(2,17)5-14-6-3-7(11)15-16-8(12)4-13-9(6)16/h4,7-10,14,24,29H,5-6,11H2,1-3H3,(H,25,28);3-4,14,17H,5H2,1-2H3. The third-order valence-corrected chi connectivity index (χ3v) is 8.45. The van der Waals surface area contributed by atoms with Crippen molar-refractivity contribution in [3.8, 4) is 11.3 Å². The van der Waals surface area contributed by atoms with Gasteiger partial charge in [-0.25, -0.2) is 19.0 Å². The molecule has 1 aliphatic rings. The summed E-state index contributed by atoms with van der Waals surface area (Å²) in [6.07, 6.45) is 5.65. The molecule has 0 spiro atoms. The number of aryl methyl sites for hydroxylation is 1. The van der Waals surface area contributed by atoms with E-state index in [1.807, 2.05) is 37.3 Å². The van der Waals surface area contributed by atoms with Gasteiger partial charge in [-0.3, -0.25) is 4.79 Å². The lowest BCUT2D eigenvalue weighted by atomic mass is 10.0. The lowest BCUT2D eigenvalue weighted by Gasteiger charge is -2.19. The van der Waals surface area contributed by atoms with Crippen LogP contribution in [0.1, 0.15) is 56.5 Å². The van der Waals surface area contributed by atoms with Crippen LogP contribution < -0.4 is 16.0 Å². The zero-order chi connectivity index (χ0) is 33.4. The van der Waals surface area contributed by atoms with Gasteiger partial charge in [-0.1, -0.05) is 6.07 Å². The van der Waals surface area contributed by atoms with Crippen LogP contribution in [0.15, 0.2) is 51.9 Å². The Bertz CT molecular complexity index is 1890. The molecule has 1 amide bonds. The fraction of sp³-hybridized carbons (Fsp3) is 0.387. The van der Waals surface area contributed by atoms with E-state index in [-0.39, 0.29) is 5.91 Å². The first kappa shape index (κ1) is 34.5. The van der Waals surface area contributed by atoms with Crippen LogP contribution >= 0.6 is 54.5 Å². The molecule has 1 aliphatic carbocycles. The van der Waals surface area contributed by atoms with Crippen molar-refractivity contribution in [1.82, 2.24) is 34.5 Å². The molecule has 12 nitrogen and oxygen atoms in total. The highest BCUT2D eigenvalue weighted by atomic mass is 127. The zero-order valence-electron chi connectivity index (χ0n) is 26.1. The average molecular weight is 869 g/mol. The van der Waals surface area contributed by atoms with Gasteiger partial charge in [0, 0.05) is 30.3 Å². The fourth-order valence-corrected chi connectivity index (χ4v) is 5.75. The van der Waals surface area contributed by atoms with E-state index in [9.17, 15) is 15.0 Å². The van der Waals surface area contributed by atoms with E-state index >= 15 is 0 Å². The van der Waals surface area contributed by atoms with E-state index < -0.39 is 11.2 Å². The Kier molecular flexibility index (Phi) is 10.3. The van der Waals surface area contributed by atoms with Crippen LogP contribution in [0.25, 0.3) is 22.6 Å². The topological polar surface area (TPSA) is 154 Å². The monoisotopic (exact) mass is 867 g/mol. The SMILES string of the molecule is CC(C)(O)CNc1cc(Br)nn2c(I)cnc12.Cc1cc(-c2cnc3c(NCC(C)(C)O)cc(Br)nn23)ccc1C(=O)NC1CC1. The number of nitrogens with one attached hydrogen (secondary N) is 3. The smallest absolute Gasteiger partial charge is 0.251 e. The highest BCUT2D eigenvalue weighted by Crippen LogP contribution is 2.28. The molecule has 1 aromatic carbocycles. The molecule has 4 heterocycles. The fourth-order valence-electron chi connectivity index (χ4n) is 4.50. The third-order valence-electron chi connectivity index (χ3n) is 6.94. The van der Waals surface area contributed by atoms with Crippen molar-refractivity contribution in [2.75, 3.05) is 23.7 Å². The second-order valence-electron chi connectivity index (χ2n) is 12.6. The van der Waals surface area contributed by atoms with Crippen molar-refractivity contribution in [3.63, 3.8) is 0 Å². The van der Waals surface area contributed by atoms with E-state index in [0.717, 1.165) is 55.0 Å². The Morgan fingerprint density at radius 3 is 2.00 bits per heavy atom. The number of carbonyl (C=O) groups excluding carboxylic acids is 1. The maximum absolute atomic E-state index is 12.4. The van der Waals surface area contributed by atoms with Crippen LogP contribution in [0.5, 0.6) is 0 Å². The summed E-state index contributed by atoms with van der Waals surface area (Å²) in [7, 11) is 0. The van der Waals surface area contributed by atoms with Crippen molar-refractivity contribution in [3.05, 3.63) is 66.8 Å². The summed E-state index contributed by atoms with van der Waals surface area (Å²) in [4.78, 5) is 21.2. The predicted molar refractivity (Wildman–Crippen MR) is 194 cm³/mol. The van der Waals surface area contributed by atoms with Gasteiger partial charge in [0.05, 0.1) is 40.7 Å². The zero-order valence-corrected chi connectivity index (χ0v) is 31.4. The normalized spacial score (nSPS) is 13.4. The first-order valence-corrected chi connectivity index (χ1v) is 17.3. The van der Waals surface area contributed by atoms with E-state index in [1.54, 1.807) is 49.1 Å². The molecule has 6 rings (SSSR count). The number of hydrogen-bond acceptors (Lipinski definition) is 9. The van der Waals surface area contributed by atoms with E-state index in [4.69, 9.17) is 0 Å². The van der Waals surface area contributed by atoms with Crippen LogP contribution in [0.4, 0.5) is 11.4 Å². The number of aliphatic hydroxyl groups is 2. The Labute approximate surface area is 297 Å². The number of anilines is 2. The molecule has 244 valence electrons. The van der Waals surface area contributed by atoms with Crippen molar-refractivity contribution < 1.29 is 15.0 Å². The molecule has 0 unspecified atom stereocenters. The maximum atomic E-state index is 12.4. The van der Waals surface area contributed by atoms with Gasteiger partial charge in [-0.2, -0.15) is 10.2 Å². The highest BCUT2D eigenvalue weighted by molar-refractivity contribution is 14.1. The quantitative estimate of drug-likeness (QED) is 0.115. The molecule has 0 radical (unpaired) electrons. The molecule has 5 N–H and O–H groups in total. The van der Waals surface area contributed by atoms with E-state index in [0.29, 0.717) is 34.9 Å². The second-order valence-corrected chi connectivity index (χ2v) is 15.3. The molecule has 1 fully saturated rings. The van der Waals surface area contributed by atoms with Gasteiger partial charge in [-0.15, -0.1) is 0 Å². The van der Waals surface area contributed by atoms with Gasteiger partial charge in [0.15, 0.2) is 11.3 Å². The first-order valence-electron chi connectivity index (χ1n) is 14.7. The summed E-state index contributed by atoms with van der Waals surface area (Å²) >= 11 is 8.98. The van der Waals surface area contributed by atoms with Crippen LogP contribution in [0.3, 0.4) is 0 Å². The number of fused-ring (bicyclic) bond motifs is 2. The maximum Gasteiger partial charge on any atom is 0.251 e. The number of aromatic nitrogens is 6. The largest absolute Gasteiger partial charge is 0.389 e. The molecule has 0 bridgehead atoms. The number of rotatable bonds is 9. The lowest BCUT2D eigenvalue weighted by molar-refractivity contribution is 0.0939. The molecule has 0 atom stereocenters. The number of imidazole rings is 2. The number of hydrogen-bond donors (Lipinski definition) is 5. The molecular weight excluding hydrogens is 833 g/mol. The number of amides is 1. The summed E-state index contributed by atoms with van der Waals surface area (Å²) in [6.45, 7) is 9.76. The molecule has 15 heteroatoms. The van der Waals surface area contributed by atoms with Gasteiger partial charge in [0.25, 0.3) is 5.91 Å². The number of halogens is 3. The van der Waals surface area contributed by atoms with Crippen LogP contribution in [-0.4, -0.2) is 75.6 Å². The summed E-state index contributed by atoms with van der Waals surface area (Å²) < 4.78 is 5.82. The van der Waals surface area contributed by atoms with Gasteiger partial charge >= 0.3 is 0 Å². The van der Waals surface area contributed by atoms with Gasteiger partial charge in [-0.05, 0) is 132 Å². The van der Waals surface area contributed by atoms with Crippen LogP contribution in [0, 0.1) is 10.6 Å². The molecule has 0 saturated heterocycles. The van der Waals surface area contributed by atoms with Gasteiger partial charge in [0.1, 0.15) is 12.9 Å². The average Bonchev–Trinajstić information content (AvgIpc) is 3.55. The Balaban J connectivity index is 0.000000209. The van der Waals surface area contributed by atoms with Crippen molar-refractivity contribution in [2.45, 2.75) is 64.7 Å². The van der Waals surface area contributed by atoms with Crippen LogP contribution in [-0.2, 0) is 0 Å². The minimum Gasteiger partial charge on any atom is -0.389 e. The number of nitrogens with zero attached hydrogens (tertiary/aromatic N) is 6. The molecule has 46 heavy (non-hydrogen) atoms. The number of benzene rings is 1. The van der Waals surface area contributed by atoms with Gasteiger partial charge in [0.2, 0.25) is 0 Å². The Hall–Kier alpha value is -2.86. The third kappa shape index (κ3) is 8.73. The van der Waals surface area contributed by atoms with Gasteiger partial charge < -0.3 is 26.2 Å². The van der Waals surface area contributed by atoms with E-state index in [2.05, 4.69) is 90.6 Å². The minimum atomic E-state index is -0.851. The van der Waals surface area contributed by atoms with Crippen molar-refractivity contribution >= 4 is 83.0 Å². The lowest BCUT2D eigenvalue weighted by Crippen LogP contribution is -2.29. The highest BCUT2D eigenvalue weighted by Gasteiger charge is 2.25. The van der Waals surface area contributed by atoms with Crippen LogP contribution in [0.2, 0.25) is 0 Å². The minimum absolute atomic E-state index is 0.0198. The second kappa shape index (κ2) is 13.7. The molecule has 0 aliphatic heterocycles. The van der Waals surface area contributed by atoms with Crippen molar-refractivity contribution in [1.29, 1.82) is 0 Å². The molecule has 5 aromatic rings. The molecule has 1 saturated carbocycles. The summed E-state index contributed by atoms with van der Waals surface area (Å²) in [6, 6.07) is 9.78. The summed E-state index contributed by atoms with van der Waals surface area (Å²) in [5.41, 5.74) is 4.77. The molecule has 4 aromatic heterocycles. The molecular formula is C31H36Br2IN9O3. The van der Waals surface area contributed by atoms with E-state index in [1.165, 1.54) is 0 Å². The summed E-state index contributed by atoms with van der Waals surface area (Å²) in [5, 5.41) is 38.0. The van der Waals surface area contributed by atoms with Crippen molar-refractivity contribution in [2.24, 2.45) is 0 Å². The Morgan fingerprint density at radius 2 is 1.46 bits per heavy atom.